The molecular weight excluding hydrogens is 347 g/mol. The number of carbonyl (C=O) groups excluding carboxylic acids is 1. The molecule has 0 amide bonds. The van der Waals surface area contributed by atoms with Crippen LogP contribution in [0.25, 0.3) is 16.6 Å². The molecule has 2 aromatic heterocycles. The molecule has 0 aliphatic heterocycles. The highest BCUT2D eigenvalue weighted by molar-refractivity contribution is 5.95. The van der Waals surface area contributed by atoms with Crippen LogP contribution < -0.4 is 11.3 Å². The fourth-order valence-electron chi connectivity index (χ4n) is 3.72. The van der Waals surface area contributed by atoms with Gasteiger partial charge in [-0.25, -0.2) is 9.18 Å². The average Bonchev–Trinajstić information content (AvgIpc) is 3.45. The van der Waals surface area contributed by atoms with Crippen molar-refractivity contribution in [3.05, 3.63) is 69.4 Å². The van der Waals surface area contributed by atoms with Crippen LogP contribution in [0.5, 0.6) is 0 Å². The second-order valence-electron chi connectivity index (χ2n) is 6.92. The number of nitrogens with zero attached hydrogens (tertiary/aromatic N) is 1. The molecule has 1 aliphatic rings. The number of aryl methyl sites for hydroxylation is 1. The third-order valence-electron chi connectivity index (χ3n) is 5.06. The van der Waals surface area contributed by atoms with Gasteiger partial charge in [0.15, 0.2) is 0 Å². The quantitative estimate of drug-likeness (QED) is 0.567. The fourth-order valence-corrected chi connectivity index (χ4v) is 3.72. The van der Waals surface area contributed by atoms with Crippen molar-refractivity contribution in [3.8, 4) is 11.1 Å². The molecule has 0 unspecified atom stereocenters. The first-order valence-corrected chi connectivity index (χ1v) is 8.74. The molecule has 0 saturated heterocycles. The Morgan fingerprint density at radius 2 is 2.00 bits per heavy atom. The second-order valence-corrected chi connectivity index (χ2v) is 6.92. The average molecular weight is 366 g/mol. The van der Waals surface area contributed by atoms with E-state index in [0.29, 0.717) is 22.3 Å². The maximum absolute atomic E-state index is 13.9. The second kappa shape index (κ2) is 6.23. The van der Waals surface area contributed by atoms with E-state index in [4.69, 9.17) is 10.5 Å². The summed E-state index contributed by atoms with van der Waals surface area (Å²) in [6.45, 7) is 1.87. The van der Waals surface area contributed by atoms with E-state index in [-0.39, 0.29) is 11.5 Å². The highest BCUT2D eigenvalue weighted by Crippen LogP contribution is 2.45. The van der Waals surface area contributed by atoms with Crippen LogP contribution >= 0.6 is 0 Å². The lowest BCUT2D eigenvalue weighted by molar-refractivity contribution is 0.0599. The summed E-state index contributed by atoms with van der Waals surface area (Å²) in [6.07, 6.45) is 3.57. The number of carbonyl (C=O) groups is 1. The van der Waals surface area contributed by atoms with Crippen LogP contribution in [-0.4, -0.2) is 17.5 Å². The van der Waals surface area contributed by atoms with Gasteiger partial charge in [0.05, 0.1) is 18.2 Å². The van der Waals surface area contributed by atoms with Crippen LogP contribution in [0.15, 0.2) is 41.3 Å². The van der Waals surface area contributed by atoms with E-state index < -0.39 is 11.8 Å². The van der Waals surface area contributed by atoms with Gasteiger partial charge in [0.25, 0.3) is 5.56 Å². The molecular formula is C21H19FN2O3. The van der Waals surface area contributed by atoms with Crippen molar-refractivity contribution in [1.82, 2.24) is 4.40 Å². The minimum Gasteiger partial charge on any atom is -0.465 e. The van der Waals surface area contributed by atoms with Gasteiger partial charge in [-0.1, -0.05) is 0 Å². The Kier molecular flexibility index (Phi) is 3.98. The summed E-state index contributed by atoms with van der Waals surface area (Å²) in [5.41, 5.74) is 9.84. The number of fused-ring (bicyclic) bond motifs is 1. The number of pyridine rings is 2. The Morgan fingerprint density at radius 1 is 1.26 bits per heavy atom. The van der Waals surface area contributed by atoms with Gasteiger partial charge in [-0.2, -0.15) is 0 Å². The lowest BCUT2D eigenvalue weighted by atomic mass is 9.94. The summed E-state index contributed by atoms with van der Waals surface area (Å²) >= 11 is 0. The van der Waals surface area contributed by atoms with Gasteiger partial charge in [-0.05, 0) is 72.2 Å². The number of aromatic nitrogens is 1. The number of esters is 1. The molecule has 4 rings (SSSR count). The van der Waals surface area contributed by atoms with E-state index in [1.165, 1.54) is 25.3 Å². The largest absolute Gasteiger partial charge is 0.465 e. The zero-order valence-corrected chi connectivity index (χ0v) is 15.1. The van der Waals surface area contributed by atoms with Gasteiger partial charge in [0.1, 0.15) is 5.82 Å². The van der Waals surface area contributed by atoms with E-state index in [2.05, 4.69) is 0 Å². The number of methoxy groups -OCH3 is 1. The summed E-state index contributed by atoms with van der Waals surface area (Å²) < 4.78 is 20.3. The highest BCUT2D eigenvalue weighted by atomic mass is 19.1. The number of halogens is 1. The number of anilines is 1. The summed E-state index contributed by atoms with van der Waals surface area (Å²) in [4.78, 5) is 24.9. The van der Waals surface area contributed by atoms with Crippen molar-refractivity contribution in [2.45, 2.75) is 25.7 Å². The topological polar surface area (TPSA) is 73.8 Å². The minimum atomic E-state index is -0.517. The molecule has 6 heteroatoms. The number of hydrogen-bond donors (Lipinski definition) is 1. The Bertz CT molecular complexity index is 1130. The van der Waals surface area contributed by atoms with Crippen molar-refractivity contribution in [2.75, 3.05) is 12.8 Å². The van der Waals surface area contributed by atoms with Crippen LogP contribution in [-0.2, 0) is 4.74 Å². The molecule has 0 bridgehead atoms. The molecule has 2 N–H and O–H groups in total. The molecule has 1 saturated carbocycles. The zero-order chi connectivity index (χ0) is 19.3. The Labute approximate surface area is 155 Å². The first kappa shape index (κ1) is 17.3. The van der Waals surface area contributed by atoms with Gasteiger partial charge in [0, 0.05) is 18.0 Å². The van der Waals surface area contributed by atoms with Gasteiger partial charge in [-0.15, -0.1) is 0 Å². The van der Waals surface area contributed by atoms with Crippen LogP contribution in [0.4, 0.5) is 10.1 Å². The van der Waals surface area contributed by atoms with Crippen molar-refractivity contribution < 1.29 is 13.9 Å². The SMILES string of the molecule is COC(=O)c1cc(=O)n2ccc(-c3cc(N)cc(F)c3)c(C)c2c1C1CC1. The lowest BCUT2D eigenvalue weighted by Crippen LogP contribution is -2.20. The first-order valence-electron chi connectivity index (χ1n) is 8.74. The molecule has 0 spiro atoms. The third-order valence-corrected chi connectivity index (χ3v) is 5.06. The summed E-state index contributed by atoms with van der Waals surface area (Å²) in [5.74, 6) is -0.732. The summed E-state index contributed by atoms with van der Waals surface area (Å²) in [6, 6.07) is 7.48. The molecule has 1 aliphatic carbocycles. The zero-order valence-electron chi connectivity index (χ0n) is 15.1. The monoisotopic (exact) mass is 366 g/mol. The predicted octanol–water partition coefficient (Wildman–Crippen LogP) is 3.66. The van der Waals surface area contributed by atoms with Gasteiger partial charge < -0.3 is 10.5 Å². The fraction of sp³-hybridized carbons (Fsp3) is 0.238. The summed E-state index contributed by atoms with van der Waals surface area (Å²) in [5, 5.41) is 0. The number of rotatable bonds is 3. The van der Waals surface area contributed by atoms with Gasteiger partial charge in [0.2, 0.25) is 0 Å². The minimum absolute atomic E-state index is 0.209. The maximum atomic E-state index is 13.9. The van der Waals surface area contributed by atoms with E-state index in [0.717, 1.165) is 29.5 Å². The van der Waals surface area contributed by atoms with Gasteiger partial charge >= 0.3 is 5.97 Å². The Morgan fingerprint density at radius 3 is 2.63 bits per heavy atom. The molecule has 27 heavy (non-hydrogen) atoms. The van der Waals surface area contributed by atoms with E-state index >= 15 is 0 Å². The molecule has 5 nitrogen and oxygen atoms in total. The normalized spacial score (nSPS) is 13.7. The van der Waals surface area contributed by atoms with Crippen molar-refractivity contribution in [1.29, 1.82) is 0 Å². The molecule has 1 aromatic carbocycles. The van der Waals surface area contributed by atoms with Gasteiger partial charge in [-0.3, -0.25) is 9.20 Å². The first-order chi connectivity index (χ1) is 12.9. The van der Waals surface area contributed by atoms with Crippen molar-refractivity contribution in [2.24, 2.45) is 0 Å². The number of ether oxygens (including phenoxy) is 1. The standard InChI is InChI=1S/C21H19FN2O3/c1-11-16(13-7-14(22)9-15(23)8-13)5-6-24-18(25)10-17(21(26)27-2)19(20(11)24)12-3-4-12/h5-10,12H,3-4,23H2,1-2H3. The van der Waals surface area contributed by atoms with E-state index in [1.807, 2.05) is 6.92 Å². The smallest absolute Gasteiger partial charge is 0.338 e. The number of benzene rings is 1. The van der Waals surface area contributed by atoms with Crippen LogP contribution in [0, 0.1) is 12.7 Å². The molecule has 138 valence electrons. The van der Waals surface area contributed by atoms with Crippen LogP contribution in [0.3, 0.4) is 0 Å². The third kappa shape index (κ3) is 2.87. The van der Waals surface area contributed by atoms with Crippen LogP contribution in [0.1, 0.15) is 40.2 Å². The van der Waals surface area contributed by atoms with Crippen molar-refractivity contribution in [3.63, 3.8) is 0 Å². The molecule has 1 fully saturated rings. The lowest BCUT2D eigenvalue weighted by Gasteiger charge is -2.17. The van der Waals surface area contributed by atoms with E-state index in [1.54, 1.807) is 22.7 Å². The molecule has 0 radical (unpaired) electrons. The van der Waals surface area contributed by atoms with Crippen molar-refractivity contribution >= 4 is 17.2 Å². The Balaban J connectivity index is 2.08. The maximum Gasteiger partial charge on any atom is 0.338 e. The molecule has 2 heterocycles. The number of nitrogens with two attached hydrogens (primary N) is 1. The molecule has 3 aromatic rings. The highest BCUT2D eigenvalue weighted by Gasteiger charge is 2.32. The number of nitrogen functional groups attached to an aromatic ring is 1. The number of hydrogen-bond acceptors (Lipinski definition) is 4. The predicted molar refractivity (Wildman–Crippen MR) is 102 cm³/mol. The van der Waals surface area contributed by atoms with E-state index in [9.17, 15) is 14.0 Å². The summed E-state index contributed by atoms with van der Waals surface area (Å²) in [7, 11) is 1.31. The molecule has 0 atom stereocenters. The van der Waals surface area contributed by atoms with Crippen LogP contribution in [0.2, 0.25) is 0 Å². The Hall–Kier alpha value is -3.15.